The minimum absolute atomic E-state index is 0.0864. The molecule has 5 heteroatoms. The quantitative estimate of drug-likeness (QED) is 0.786. The molecule has 1 atom stereocenters. The number of hydrogen-bond acceptors (Lipinski definition) is 4. The van der Waals surface area contributed by atoms with Crippen molar-refractivity contribution in [3.8, 4) is 16.9 Å². The van der Waals surface area contributed by atoms with Crippen LogP contribution in [0.4, 0.5) is 4.39 Å². The summed E-state index contributed by atoms with van der Waals surface area (Å²) in [6.45, 7) is 0.694. The maximum Gasteiger partial charge on any atom is 0.177 e. The zero-order valence-electron chi connectivity index (χ0n) is 10.2. The lowest BCUT2D eigenvalue weighted by molar-refractivity contribution is 0.191. The van der Waals surface area contributed by atoms with Gasteiger partial charge in [-0.3, -0.25) is 0 Å². The van der Waals surface area contributed by atoms with Crippen LogP contribution in [0.3, 0.4) is 0 Å². The fraction of sp³-hybridized carbons (Fsp3) is 0.143. The van der Waals surface area contributed by atoms with Gasteiger partial charge in [0, 0.05) is 0 Å². The lowest BCUT2D eigenvalue weighted by Gasteiger charge is -2.12. The second-order valence-electron chi connectivity index (χ2n) is 4.29. The van der Waals surface area contributed by atoms with Gasteiger partial charge in [-0.1, -0.05) is 24.3 Å². The van der Waals surface area contributed by atoms with E-state index in [4.69, 9.17) is 4.74 Å². The summed E-state index contributed by atoms with van der Waals surface area (Å²) in [6, 6.07) is 14.2. The monoisotopic (exact) mass is 259 g/mol. The average Bonchev–Trinajstić information content (AvgIpc) is 2.94. The number of hydrogen-bond donors (Lipinski definition) is 3. The molecule has 0 radical (unpaired) electrons. The number of benzene rings is 2. The Morgan fingerprint density at radius 2 is 1.58 bits per heavy atom. The predicted octanol–water partition coefficient (Wildman–Crippen LogP) is 1.81. The van der Waals surface area contributed by atoms with Crippen molar-refractivity contribution in [1.29, 1.82) is 0 Å². The first-order chi connectivity index (χ1) is 9.31. The van der Waals surface area contributed by atoms with Crippen LogP contribution in [0, 0.1) is 5.82 Å². The number of halogens is 1. The van der Waals surface area contributed by atoms with Gasteiger partial charge in [-0.2, -0.15) is 5.53 Å². The molecule has 2 aromatic carbocycles. The highest BCUT2D eigenvalue weighted by Crippen LogP contribution is 2.23. The third kappa shape index (κ3) is 2.90. The fourth-order valence-electron chi connectivity index (χ4n) is 1.93. The van der Waals surface area contributed by atoms with Gasteiger partial charge in [-0.25, -0.2) is 15.2 Å². The first-order valence-electron chi connectivity index (χ1n) is 6.07. The van der Waals surface area contributed by atoms with Crippen LogP contribution in [0.5, 0.6) is 5.75 Å². The van der Waals surface area contributed by atoms with Gasteiger partial charge in [0.05, 0.1) is 6.54 Å². The molecule has 1 aliphatic rings. The second-order valence-corrected chi connectivity index (χ2v) is 4.29. The van der Waals surface area contributed by atoms with E-state index < -0.39 is 0 Å². The summed E-state index contributed by atoms with van der Waals surface area (Å²) in [5.41, 5.74) is 10.6. The van der Waals surface area contributed by atoms with Gasteiger partial charge in [0.15, 0.2) is 6.23 Å². The Hall–Kier alpha value is -1.95. The van der Waals surface area contributed by atoms with Crippen molar-refractivity contribution >= 4 is 0 Å². The Labute approximate surface area is 110 Å². The standard InChI is InChI=1S/C14H14FN3O/c15-12-5-1-10(2-6-12)11-3-7-13(8-4-11)19-14-9-16-18-17-14/h1-8,14,16-18H,9H2. The van der Waals surface area contributed by atoms with Crippen molar-refractivity contribution in [3.05, 3.63) is 54.3 Å². The van der Waals surface area contributed by atoms with Crippen molar-refractivity contribution < 1.29 is 9.13 Å². The molecular weight excluding hydrogens is 245 g/mol. The molecule has 0 saturated carbocycles. The minimum atomic E-state index is -0.226. The van der Waals surface area contributed by atoms with E-state index in [1.807, 2.05) is 24.3 Å². The normalized spacial score (nSPS) is 18.5. The molecule has 19 heavy (non-hydrogen) atoms. The molecular formula is C14H14FN3O. The summed E-state index contributed by atoms with van der Waals surface area (Å²) in [7, 11) is 0. The molecule has 1 saturated heterocycles. The molecule has 0 amide bonds. The Kier molecular flexibility index (Phi) is 3.41. The van der Waals surface area contributed by atoms with Crippen molar-refractivity contribution in [1.82, 2.24) is 16.4 Å². The summed E-state index contributed by atoms with van der Waals surface area (Å²) in [5, 5.41) is 0. The van der Waals surface area contributed by atoms with Crippen LogP contribution in [-0.4, -0.2) is 12.8 Å². The van der Waals surface area contributed by atoms with Gasteiger partial charge in [-0.05, 0) is 35.4 Å². The average molecular weight is 259 g/mol. The van der Waals surface area contributed by atoms with Crippen LogP contribution in [0.15, 0.2) is 48.5 Å². The van der Waals surface area contributed by atoms with Gasteiger partial charge in [0.2, 0.25) is 0 Å². The van der Waals surface area contributed by atoms with Crippen LogP contribution in [0.25, 0.3) is 11.1 Å². The number of rotatable bonds is 3. The van der Waals surface area contributed by atoms with E-state index in [9.17, 15) is 4.39 Å². The van der Waals surface area contributed by atoms with Gasteiger partial charge in [0.1, 0.15) is 11.6 Å². The van der Waals surface area contributed by atoms with E-state index >= 15 is 0 Å². The first kappa shape index (κ1) is 12.1. The Bertz CT molecular complexity index is 536. The fourth-order valence-corrected chi connectivity index (χ4v) is 1.93. The zero-order chi connectivity index (χ0) is 13.1. The van der Waals surface area contributed by atoms with Gasteiger partial charge < -0.3 is 4.74 Å². The minimum Gasteiger partial charge on any atom is -0.473 e. The molecule has 0 bridgehead atoms. The van der Waals surface area contributed by atoms with Crippen LogP contribution in [0.2, 0.25) is 0 Å². The Morgan fingerprint density at radius 1 is 0.947 bits per heavy atom. The lowest BCUT2D eigenvalue weighted by atomic mass is 10.1. The highest BCUT2D eigenvalue weighted by Gasteiger charge is 2.14. The van der Waals surface area contributed by atoms with Gasteiger partial charge >= 0.3 is 0 Å². The molecule has 1 aliphatic heterocycles. The maximum absolute atomic E-state index is 12.9. The van der Waals surface area contributed by atoms with E-state index in [0.29, 0.717) is 6.54 Å². The first-order valence-corrected chi connectivity index (χ1v) is 6.07. The SMILES string of the molecule is Fc1ccc(-c2ccc(OC3CNNN3)cc2)cc1. The van der Waals surface area contributed by atoms with Crippen LogP contribution >= 0.6 is 0 Å². The molecule has 0 spiro atoms. The molecule has 0 aliphatic carbocycles. The largest absolute Gasteiger partial charge is 0.473 e. The number of nitrogens with one attached hydrogen (secondary N) is 3. The lowest BCUT2D eigenvalue weighted by Crippen LogP contribution is -2.36. The highest BCUT2D eigenvalue weighted by molar-refractivity contribution is 5.63. The van der Waals surface area contributed by atoms with Crippen molar-refractivity contribution in [2.24, 2.45) is 0 Å². The topological polar surface area (TPSA) is 45.3 Å². The summed E-state index contributed by atoms with van der Waals surface area (Å²) >= 11 is 0. The molecule has 1 unspecified atom stereocenters. The van der Waals surface area contributed by atoms with E-state index in [1.54, 1.807) is 12.1 Å². The van der Waals surface area contributed by atoms with Crippen molar-refractivity contribution in [2.45, 2.75) is 6.23 Å². The molecule has 98 valence electrons. The van der Waals surface area contributed by atoms with Crippen LogP contribution in [0.1, 0.15) is 0 Å². The predicted molar refractivity (Wildman–Crippen MR) is 70.5 cm³/mol. The second kappa shape index (κ2) is 5.36. The highest BCUT2D eigenvalue weighted by atomic mass is 19.1. The third-order valence-electron chi connectivity index (χ3n) is 2.92. The zero-order valence-corrected chi connectivity index (χ0v) is 10.2. The van der Waals surface area contributed by atoms with Crippen molar-refractivity contribution in [3.63, 3.8) is 0 Å². The van der Waals surface area contributed by atoms with E-state index in [0.717, 1.165) is 16.9 Å². The summed E-state index contributed by atoms with van der Waals surface area (Å²) in [6.07, 6.45) is -0.0864. The van der Waals surface area contributed by atoms with Crippen molar-refractivity contribution in [2.75, 3.05) is 6.54 Å². The van der Waals surface area contributed by atoms with Crippen LogP contribution < -0.4 is 21.1 Å². The molecule has 3 N–H and O–H groups in total. The number of hydrazine groups is 2. The van der Waals surface area contributed by atoms with E-state index in [1.165, 1.54) is 12.1 Å². The Balaban J connectivity index is 1.72. The number of ether oxygens (including phenoxy) is 1. The molecule has 0 aromatic heterocycles. The molecule has 3 rings (SSSR count). The summed E-state index contributed by atoms with van der Waals surface area (Å²) in [4.78, 5) is 0. The molecule has 1 fully saturated rings. The van der Waals surface area contributed by atoms with Gasteiger partial charge in [0.25, 0.3) is 0 Å². The third-order valence-corrected chi connectivity index (χ3v) is 2.92. The molecule has 4 nitrogen and oxygen atoms in total. The van der Waals surface area contributed by atoms with Crippen LogP contribution in [-0.2, 0) is 0 Å². The maximum atomic E-state index is 12.9. The molecule has 1 heterocycles. The Morgan fingerprint density at radius 3 is 2.16 bits per heavy atom. The van der Waals surface area contributed by atoms with Gasteiger partial charge in [-0.15, -0.1) is 0 Å². The summed E-state index contributed by atoms with van der Waals surface area (Å²) in [5.74, 6) is 0.560. The van der Waals surface area contributed by atoms with E-state index in [-0.39, 0.29) is 12.0 Å². The van der Waals surface area contributed by atoms with E-state index in [2.05, 4.69) is 16.4 Å². The summed E-state index contributed by atoms with van der Waals surface area (Å²) < 4.78 is 18.5. The molecule has 2 aromatic rings. The smallest absolute Gasteiger partial charge is 0.177 e.